The third-order valence-electron chi connectivity index (χ3n) is 7.33. The predicted octanol–water partition coefficient (Wildman–Crippen LogP) is 2.95. The summed E-state index contributed by atoms with van der Waals surface area (Å²) >= 11 is 0. The first-order chi connectivity index (χ1) is 18.5. The highest BCUT2D eigenvalue weighted by Gasteiger charge is 2.36. The lowest BCUT2D eigenvalue weighted by Gasteiger charge is -2.30. The van der Waals surface area contributed by atoms with E-state index in [9.17, 15) is 14.7 Å². The van der Waals surface area contributed by atoms with Crippen molar-refractivity contribution in [2.45, 2.75) is 38.8 Å². The van der Waals surface area contributed by atoms with Crippen LogP contribution in [0.3, 0.4) is 0 Å². The summed E-state index contributed by atoms with van der Waals surface area (Å²) < 4.78 is 18.7. The Balaban J connectivity index is 1.46. The van der Waals surface area contributed by atoms with Crippen LogP contribution in [0.1, 0.15) is 40.2 Å². The van der Waals surface area contributed by atoms with Crippen molar-refractivity contribution < 1.29 is 14.3 Å². The number of aliphatic hydroxyl groups is 1. The van der Waals surface area contributed by atoms with Crippen molar-refractivity contribution in [2.75, 3.05) is 16.8 Å². The molecule has 10 nitrogen and oxygen atoms in total. The lowest BCUT2D eigenvalue weighted by atomic mass is 9.97. The van der Waals surface area contributed by atoms with Gasteiger partial charge < -0.3 is 19.6 Å². The van der Waals surface area contributed by atoms with Crippen LogP contribution >= 0.6 is 0 Å². The quantitative estimate of drug-likeness (QED) is 0.420. The topological polar surface area (TPSA) is 118 Å². The van der Waals surface area contributed by atoms with Gasteiger partial charge in [-0.15, -0.1) is 0 Å². The fourth-order valence-corrected chi connectivity index (χ4v) is 5.55. The van der Waals surface area contributed by atoms with Gasteiger partial charge in [0.05, 0.1) is 18.0 Å². The molecule has 2 aliphatic rings. The summed E-state index contributed by atoms with van der Waals surface area (Å²) in [5.74, 6) is -0.368. The van der Waals surface area contributed by atoms with E-state index in [1.807, 2.05) is 4.57 Å². The highest BCUT2D eigenvalue weighted by molar-refractivity contribution is 6.06. The van der Waals surface area contributed by atoms with Crippen LogP contribution in [0, 0.1) is 5.82 Å². The number of carbonyl (C=O) groups is 1. The number of halogens is 1. The van der Waals surface area contributed by atoms with E-state index in [0.29, 0.717) is 47.0 Å². The fraction of sp³-hybridized carbons (Fsp3) is 0.296. The number of nitrogens with zero attached hydrogens (tertiary/aromatic N) is 6. The van der Waals surface area contributed by atoms with E-state index in [2.05, 4.69) is 20.3 Å². The van der Waals surface area contributed by atoms with E-state index in [0.717, 1.165) is 25.0 Å². The standard InChI is InChI=1S/C27H26FN7O3/c1-33-21(37)8-7-19(32-27-30-10-4-11-31-27)23(33)16-9-12-29-25(18(16)15-36)35-14-13-34-20-6-3-2-5-17(20)22(28)24(34)26(35)38/h4,7-12,36H,2-3,5-6,13-15H2,1H3,(H,30,31,32). The Morgan fingerprint density at radius 1 is 1.00 bits per heavy atom. The Morgan fingerprint density at radius 2 is 1.79 bits per heavy atom. The van der Waals surface area contributed by atoms with Crippen LogP contribution in [0.2, 0.25) is 0 Å². The molecule has 38 heavy (non-hydrogen) atoms. The van der Waals surface area contributed by atoms with Crippen LogP contribution in [0.4, 0.5) is 21.8 Å². The van der Waals surface area contributed by atoms with Gasteiger partial charge in [-0.25, -0.2) is 19.3 Å². The third kappa shape index (κ3) is 3.77. The van der Waals surface area contributed by atoms with Gasteiger partial charge in [0.1, 0.15) is 11.5 Å². The number of pyridine rings is 2. The second kappa shape index (κ2) is 9.49. The maximum absolute atomic E-state index is 15.4. The summed E-state index contributed by atoms with van der Waals surface area (Å²) in [6, 6.07) is 6.41. The van der Waals surface area contributed by atoms with Gasteiger partial charge in [-0.3, -0.25) is 14.5 Å². The molecule has 0 bridgehead atoms. The number of rotatable bonds is 5. The van der Waals surface area contributed by atoms with E-state index in [-0.39, 0.29) is 23.6 Å². The second-order valence-corrected chi connectivity index (χ2v) is 9.41. The molecular formula is C27H26FN7O3. The van der Waals surface area contributed by atoms with Gasteiger partial charge >= 0.3 is 0 Å². The lowest BCUT2D eigenvalue weighted by Crippen LogP contribution is -2.42. The molecular weight excluding hydrogens is 489 g/mol. The van der Waals surface area contributed by atoms with Crippen molar-refractivity contribution >= 4 is 23.4 Å². The number of nitrogens with one attached hydrogen (secondary N) is 1. The average Bonchev–Trinajstić information content (AvgIpc) is 3.24. The van der Waals surface area contributed by atoms with Gasteiger partial charge in [-0.2, -0.15) is 0 Å². The minimum absolute atomic E-state index is 0.0509. The molecule has 0 fully saturated rings. The molecule has 1 aliphatic carbocycles. The number of anilines is 3. The second-order valence-electron chi connectivity index (χ2n) is 9.41. The maximum Gasteiger partial charge on any atom is 0.279 e. The molecule has 5 heterocycles. The summed E-state index contributed by atoms with van der Waals surface area (Å²) in [6.45, 7) is 0.269. The van der Waals surface area contributed by atoms with Crippen LogP contribution in [0.25, 0.3) is 11.3 Å². The molecule has 1 amide bonds. The zero-order valence-electron chi connectivity index (χ0n) is 20.8. The Bertz CT molecular complexity index is 1610. The van der Waals surface area contributed by atoms with Crippen molar-refractivity contribution in [3.63, 3.8) is 0 Å². The molecule has 0 saturated heterocycles. The Hall–Kier alpha value is -4.38. The summed E-state index contributed by atoms with van der Waals surface area (Å²) in [6.07, 6.45) is 7.98. The molecule has 0 spiro atoms. The minimum Gasteiger partial charge on any atom is -0.392 e. The molecule has 4 aromatic heterocycles. The zero-order chi connectivity index (χ0) is 26.4. The predicted molar refractivity (Wildman–Crippen MR) is 139 cm³/mol. The maximum atomic E-state index is 15.4. The number of aromatic nitrogens is 5. The highest BCUT2D eigenvalue weighted by atomic mass is 19.1. The minimum atomic E-state index is -0.486. The van der Waals surface area contributed by atoms with Gasteiger partial charge in [0.15, 0.2) is 5.82 Å². The first kappa shape index (κ1) is 24.0. The highest BCUT2D eigenvalue weighted by Crippen LogP contribution is 2.37. The van der Waals surface area contributed by atoms with Crippen molar-refractivity contribution in [2.24, 2.45) is 7.05 Å². The van der Waals surface area contributed by atoms with Gasteiger partial charge in [0, 0.05) is 67.2 Å². The molecule has 0 aromatic carbocycles. The molecule has 0 radical (unpaired) electrons. The number of fused-ring (bicyclic) bond motifs is 3. The fourth-order valence-electron chi connectivity index (χ4n) is 5.55. The number of amides is 1. The molecule has 2 N–H and O–H groups in total. The van der Waals surface area contributed by atoms with Crippen molar-refractivity contribution in [1.82, 2.24) is 24.1 Å². The van der Waals surface area contributed by atoms with E-state index >= 15 is 4.39 Å². The Labute approximate surface area is 217 Å². The van der Waals surface area contributed by atoms with Crippen LogP contribution in [-0.2, 0) is 33.0 Å². The first-order valence-electron chi connectivity index (χ1n) is 12.5. The largest absolute Gasteiger partial charge is 0.392 e. The Kier molecular flexibility index (Phi) is 5.99. The number of aliphatic hydroxyl groups excluding tert-OH is 1. The molecule has 6 rings (SSSR count). The lowest BCUT2D eigenvalue weighted by molar-refractivity contribution is 0.0958. The van der Waals surface area contributed by atoms with Crippen LogP contribution in [0.15, 0.2) is 47.7 Å². The number of hydrogen-bond donors (Lipinski definition) is 2. The molecule has 1 aliphatic heterocycles. The van der Waals surface area contributed by atoms with E-state index < -0.39 is 18.3 Å². The van der Waals surface area contributed by atoms with Gasteiger partial charge in [-0.05, 0) is 43.9 Å². The summed E-state index contributed by atoms with van der Waals surface area (Å²) in [7, 11) is 1.62. The normalized spacial score (nSPS) is 14.8. The van der Waals surface area contributed by atoms with E-state index in [4.69, 9.17) is 0 Å². The van der Waals surface area contributed by atoms with Gasteiger partial charge in [0.2, 0.25) is 5.95 Å². The monoisotopic (exact) mass is 515 g/mol. The summed E-state index contributed by atoms with van der Waals surface area (Å²) in [5, 5.41) is 13.6. The van der Waals surface area contributed by atoms with Crippen LogP contribution in [-0.4, -0.2) is 41.6 Å². The van der Waals surface area contributed by atoms with Crippen LogP contribution in [0.5, 0.6) is 0 Å². The SMILES string of the molecule is Cn1c(-c2ccnc(N3CCn4c5c(c(F)c4C3=O)CCCC5)c2CO)c(Nc2ncccn2)ccc1=O. The summed E-state index contributed by atoms with van der Waals surface area (Å²) in [5.41, 5.74) is 3.20. The van der Waals surface area contributed by atoms with Crippen molar-refractivity contribution in [3.05, 3.63) is 81.5 Å². The molecule has 4 aromatic rings. The van der Waals surface area contributed by atoms with Gasteiger partial charge in [-0.1, -0.05) is 0 Å². The average molecular weight is 516 g/mol. The van der Waals surface area contributed by atoms with Crippen molar-refractivity contribution in [1.29, 1.82) is 0 Å². The van der Waals surface area contributed by atoms with E-state index in [1.54, 1.807) is 37.6 Å². The Morgan fingerprint density at radius 3 is 2.58 bits per heavy atom. The van der Waals surface area contributed by atoms with Crippen molar-refractivity contribution in [3.8, 4) is 11.3 Å². The number of carbonyl (C=O) groups excluding carboxylic acids is 1. The number of hydrogen-bond acceptors (Lipinski definition) is 7. The van der Waals surface area contributed by atoms with Crippen LogP contribution < -0.4 is 15.8 Å². The van der Waals surface area contributed by atoms with Gasteiger partial charge in [0.25, 0.3) is 11.5 Å². The molecule has 0 saturated carbocycles. The molecule has 194 valence electrons. The smallest absolute Gasteiger partial charge is 0.279 e. The molecule has 11 heteroatoms. The summed E-state index contributed by atoms with van der Waals surface area (Å²) in [4.78, 5) is 40.6. The third-order valence-corrected chi connectivity index (χ3v) is 7.33. The molecule has 0 unspecified atom stereocenters. The van der Waals surface area contributed by atoms with E-state index in [1.165, 1.54) is 21.7 Å². The zero-order valence-corrected chi connectivity index (χ0v) is 20.8. The first-order valence-corrected chi connectivity index (χ1v) is 12.5. The molecule has 0 atom stereocenters.